The van der Waals surface area contributed by atoms with Gasteiger partial charge in [0, 0.05) is 0 Å². The molecule has 0 atom stereocenters. The minimum atomic E-state index is 1.09. The summed E-state index contributed by atoms with van der Waals surface area (Å²) in [6.07, 6.45) is 9.82. The molecule has 0 saturated carbocycles. The molecule has 0 bridgehead atoms. The molecule has 0 aromatic heterocycles. The molecule has 0 spiro atoms. The first-order valence-electron chi connectivity index (χ1n) is 4.65. The predicted octanol–water partition coefficient (Wildman–Crippen LogP) is 4.26. The van der Waals surface area contributed by atoms with E-state index in [1.807, 2.05) is 6.08 Å². The van der Waals surface area contributed by atoms with Gasteiger partial charge >= 0.3 is 0 Å². The van der Waals surface area contributed by atoms with Crippen LogP contribution >= 0.6 is 0 Å². The van der Waals surface area contributed by atoms with Crippen molar-refractivity contribution < 1.29 is 0 Å². The van der Waals surface area contributed by atoms with Crippen LogP contribution in [0.2, 0.25) is 0 Å². The lowest BCUT2D eigenvalue weighted by Crippen LogP contribution is -1.77. The molecule has 0 saturated heterocycles. The molecule has 68 valence electrons. The molecule has 0 heterocycles. The Morgan fingerprint density at radius 1 is 1.33 bits per heavy atom. The highest BCUT2D eigenvalue weighted by molar-refractivity contribution is 5.20. The molecule has 0 unspecified atom stereocenters. The maximum Gasteiger partial charge on any atom is -0.0285 e. The second-order valence-corrected chi connectivity index (χ2v) is 3.17. The fourth-order valence-electron chi connectivity index (χ4n) is 1.17. The first-order valence-corrected chi connectivity index (χ1v) is 4.65. The van der Waals surface area contributed by atoms with Crippen molar-refractivity contribution in [1.82, 2.24) is 0 Å². The molecule has 0 fully saturated rings. The van der Waals surface area contributed by atoms with Gasteiger partial charge < -0.3 is 0 Å². The van der Waals surface area contributed by atoms with Crippen molar-refractivity contribution in [2.45, 2.75) is 40.0 Å². The van der Waals surface area contributed by atoms with Crippen molar-refractivity contribution in [2.75, 3.05) is 0 Å². The van der Waals surface area contributed by atoms with E-state index >= 15 is 0 Å². The third-order valence-corrected chi connectivity index (χ3v) is 1.74. The Labute approximate surface area is 76.7 Å². The van der Waals surface area contributed by atoms with Crippen molar-refractivity contribution in [2.24, 2.45) is 0 Å². The molecule has 0 aromatic rings. The standard InChI is InChI=1S/C12H20/c1-5-7-9-12(4)10-11(3)8-6-2/h5,8,10H,1,6-7,9H2,2-4H3. The summed E-state index contributed by atoms with van der Waals surface area (Å²) in [6.45, 7) is 10.2. The molecule has 0 rings (SSSR count). The zero-order valence-electron chi connectivity index (χ0n) is 8.56. The fourth-order valence-corrected chi connectivity index (χ4v) is 1.17. The van der Waals surface area contributed by atoms with Gasteiger partial charge in [-0.1, -0.05) is 36.3 Å². The molecule has 0 N–H and O–H groups in total. The summed E-state index contributed by atoms with van der Waals surface area (Å²) in [7, 11) is 0. The molecule has 0 heteroatoms. The van der Waals surface area contributed by atoms with E-state index in [1.165, 1.54) is 11.1 Å². The van der Waals surface area contributed by atoms with E-state index in [-0.39, 0.29) is 0 Å². The fraction of sp³-hybridized carbons (Fsp3) is 0.500. The van der Waals surface area contributed by atoms with E-state index < -0.39 is 0 Å². The second kappa shape index (κ2) is 6.90. The number of rotatable bonds is 5. The van der Waals surface area contributed by atoms with Crippen molar-refractivity contribution in [3.8, 4) is 0 Å². The van der Waals surface area contributed by atoms with Crippen molar-refractivity contribution >= 4 is 0 Å². The molecule has 0 nitrogen and oxygen atoms in total. The summed E-state index contributed by atoms with van der Waals surface area (Å²) < 4.78 is 0. The number of allylic oxidation sites excluding steroid dienone is 5. The van der Waals surface area contributed by atoms with Crippen molar-refractivity contribution in [3.05, 3.63) is 36.0 Å². The lowest BCUT2D eigenvalue weighted by Gasteiger charge is -1.98. The molecule has 0 aliphatic rings. The number of hydrogen-bond donors (Lipinski definition) is 0. The van der Waals surface area contributed by atoms with Crippen LogP contribution in [0.15, 0.2) is 36.0 Å². The lowest BCUT2D eigenvalue weighted by atomic mass is 10.1. The van der Waals surface area contributed by atoms with Gasteiger partial charge in [0.2, 0.25) is 0 Å². The SMILES string of the molecule is C=CCCC(C)=CC(C)=CCC. The molecule has 0 aliphatic carbocycles. The molecular formula is C12H20. The zero-order chi connectivity index (χ0) is 9.40. The Hall–Kier alpha value is -0.780. The maximum absolute atomic E-state index is 3.71. The van der Waals surface area contributed by atoms with Crippen LogP contribution in [0.4, 0.5) is 0 Å². The van der Waals surface area contributed by atoms with Gasteiger partial charge in [-0.25, -0.2) is 0 Å². The summed E-state index contributed by atoms with van der Waals surface area (Å²) in [5.74, 6) is 0. The minimum Gasteiger partial charge on any atom is -0.103 e. The smallest absolute Gasteiger partial charge is 0.0285 e. The van der Waals surface area contributed by atoms with Gasteiger partial charge in [-0.15, -0.1) is 6.58 Å². The van der Waals surface area contributed by atoms with Gasteiger partial charge in [-0.3, -0.25) is 0 Å². The van der Waals surface area contributed by atoms with Crippen LogP contribution in [0.5, 0.6) is 0 Å². The van der Waals surface area contributed by atoms with Crippen LogP contribution < -0.4 is 0 Å². The third kappa shape index (κ3) is 5.96. The Morgan fingerprint density at radius 2 is 2.00 bits per heavy atom. The summed E-state index contributed by atoms with van der Waals surface area (Å²) in [6, 6.07) is 0. The topological polar surface area (TPSA) is 0 Å². The Bertz CT molecular complexity index is 182. The third-order valence-electron chi connectivity index (χ3n) is 1.74. The zero-order valence-corrected chi connectivity index (χ0v) is 8.56. The summed E-state index contributed by atoms with van der Waals surface area (Å²) in [4.78, 5) is 0. The lowest BCUT2D eigenvalue weighted by molar-refractivity contribution is 0.976. The van der Waals surface area contributed by atoms with E-state index in [0.717, 1.165) is 19.3 Å². The quantitative estimate of drug-likeness (QED) is 0.421. The van der Waals surface area contributed by atoms with Crippen molar-refractivity contribution in [1.29, 1.82) is 0 Å². The van der Waals surface area contributed by atoms with Crippen LogP contribution in [0.25, 0.3) is 0 Å². The first-order chi connectivity index (χ1) is 5.70. The largest absolute Gasteiger partial charge is 0.103 e. The van der Waals surface area contributed by atoms with E-state index in [4.69, 9.17) is 0 Å². The molecule has 0 aromatic carbocycles. The molecular weight excluding hydrogens is 144 g/mol. The summed E-state index contributed by atoms with van der Waals surface area (Å²) >= 11 is 0. The molecule has 0 aliphatic heterocycles. The first kappa shape index (κ1) is 11.2. The molecule has 0 amide bonds. The van der Waals surface area contributed by atoms with Crippen LogP contribution in [-0.4, -0.2) is 0 Å². The average Bonchev–Trinajstić information content (AvgIpc) is 2.01. The van der Waals surface area contributed by atoms with E-state index in [2.05, 4.69) is 39.5 Å². The van der Waals surface area contributed by atoms with Gasteiger partial charge in [0.05, 0.1) is 0 Å². The molecule has 0 radical (unpaired) electrons. The van der Waals surface area contributed by atoms with Crippen LogP contribution in [0.3, 0.4) is 0 Å². The van der Waals surface area contributed by atoms with Crippen LogP contribution in [0.1, 0.15) is 40.0 Å². The highest BCUT2D eigenvalue weighted by atomic mass is 13.9. The summed E-state index contributed by atoms with van der Waals surface area (Å²) in [5.41, 5.74) is 2.82. The monoisotopic (exact) mass is 164 g/mol. The Balaban J connectivity index is 3.96. The Kier molecular flexibility index (Phi) is 6.45. The van der Waals surface area contributed by atoms with Crippen LogP contribution in [0, 0.1) is 0 Å². The number of hydrogen-bond acceptors (Lipinski definition) is 0. The highest BCUT2D eigenvalue weighted by Gasteiger charge is 1.88. The summed E-state index contributed by atoms with van der Waals surface area (Å²) in [5, 5.41) is 0. The minimum absolute atomic E-state index is 1.09. The predicted molar refractivity (Wildman–Crippen MR) is 57.2 cm³/mol. The van der Waals surface area contributed by atoms with Gasteiger partial charge in [0.15, 0.2) is 0 Å². The highest BCUT2D eigenvalue weighted by Crippen LogP contribution is 2.08. The normalized spacial score (nSPS) is 13.2. The molecule has 12 heavy (non-hydrogen) atoms. The van der Waals surface area contributed by atoms with Crippen LogP contribution in [-0.2, 0) is 0 Å². The second-order valence-electron chi connectivity index (χ2n) is 3.17. The van der Waals surface area contributed by atoms with Gasteiger partial charge in [-0.2, -0.15) is 0 Å². The Morgan fingerprint density at radius 3 is 2.50 bits per heavy atom. The van der Waals surface area contributed by atoms with E-state index in [1.54, 1.807) is 0 Å². The van der Waals surface area contributed by atoms with Gasteiger partial charge in [0.1, 0.15) is 0 Å². The van der Waals surface area contributed by atoms with Gasteiger partial charge in [0.25, 0.3) is 0 Å². The van der Waals surface area contributed by atoms with E-state index in [9.17, 15) is 0 Å². The maximum atomic E-state index is 3.71. The average molecular weight is 164 g/mol. The van der Waals surface area contributed by atoms with E-state index in [0.29, 0.717) is 0 Å². The van der Waals surface area contributed by atoms with Gasteiger partial charge in [-0.05, 0) is 33.1 Å². The van der Waals surface area contributed by atoms with Crippen molar-refractivity contribution in [3.63, 3.8) is 0 Å².